The highest BCUT2D eigenvalue weighted by Gasteiger charge is 2.23. The van der Waals surface area contributed by atoms with Crippen molar-refractivity contribution in [1.29, 1.82) is 0 Å². The number of anilines is 1. The largest absolute Gasteiger partial charge is 0.409 e. The molecule has 1 aromatic carbocycles. The monoisotopic (exact) mass is 329 g/mol. The molecule has 0 spiro atoms. The van der Waals surface area contributed by atoms with Gasteiger partial charge in [-0.25, -0.2) is 4.39 Å². The molecular formula is C13H17BrFN3O. The van der Waals surface area contributed by atoms with Crippen molar-refractivity contribution in [2.24, 2.45) is 10.9 Å². The lowest BCUT2D eigenvalue weighted by molar-refractivity contribution is 0.318. The molecule has 104 valence electrons. The van der Waals surface area contributed by atoms with E-state index in [4.69, 9.17) is 10.9 Å². The number of oxime groups is 1. The minimum atomic E-state index is -0.363. The van der Waals surface area contributed by atoms with Crippen molar-refractivity contribution in [3.63, 3.8) is 0 Å². The van der Waals surface area contributed by atoms with Crippen LogP contribution >= 0.6 is 15.9 Å². The number of benzene rings is 1. The van der Waals surface area contributed by atoms with Gasteiger partial charge in [-0.05, 0) is 54.2 Å². The van der Waals surface area contributed by atoms with Gasteiger partial charge in [-0.3, -0.25) is 0 Å². The van der Waals surface area contributed by atoms with E-state index >= 15 is 0 Å². The molecule has 1 saturated heterocycles. The number of halogens is 2. The highest BCUT2D eigenvalue weighted by molar-refractivity contribution is 9.10. The first-order chi connectivity index (χ1) is 9.06. The summed E-state index contributed by atoms with van der Waals surface area (Å²) in [6.07, 6.45) is 3.32. The molecule has 1 heterocycles. The first kappa shape index (κ1) is 14.1. The van der Waals surface area contributed by atoms with Crippen molar-refractivity contribution in [3.05, 3.63) is 28.0 Å². The van der Waals surface area contributed by atoms with Crippen molar-refractivity contribution in [2.45, 2.75) is 32.2 Å². The maximum atomic E-state index is 14.4. The minimum Gasteiger partial charge on any atom is -0.409 e. The third-order valence-electron chi connectivity index (χ3n) is 3.56. The van der Waals surface area contributed by atoms with E-state index in [0.29, 0.717) is 17.3 Å². The number of rotatable bonds is 2. The Balaban J connectivity index is 2.41. The van der Waals surface area contributed by atoms with Gasteiger partial charge in [-0.15, -0.1) is 0 Å². The third kappa shape index (κ3) is 2.68. The van der Waals surface area contributed by atoms with Crippen LogP contribution in [0, 0.1) is 5.82 Å². The lowest BCUT2D eigenvalue weighted by Gasteiger charge is -2.35. The summed E-state index contributed by atoms with van der Waals surface area (Å²) >= 11 is 3.19. The van der Waals surface area contributed by atoms with Crippen molar-refractivity contribution in [1.82, 2.24) is 0 Å². The first-order valence-corrected chi connectivity index (χ1v) is 7.08. The van der Waals surface area contributed by atoms with E-state index < -0.39 is 0 Å². The van der Waals surface area contributed by atoms with E-state index in [2.05, 4.69) is 32.9 Å². The van der Waals surface area contributed by atoms with E-state index in [1.807, 2.05) is 0 Å². The van der Waals surface area contributed by atoms with Crippen molar-refractivity contribution >= 4 is 27.5 Å². The second kappa shape index (κ2) is 5.77. The average Bonchev–Trinajstić information content (AvgIpc) is 2.42. The van der Waals surface area contributed by atoms with Crippen LogP contribution in [-0.2, 0) is 0 Å². The normalized spacial score (nSPS) is 20.7. The molecule has 6 heteroatoms. The smallest absolute Gasteiger partial charge is 0.171 e. The van der Waals surface area contributed by atoms with Crippen molar-refractivity contribution in [2.75, 3.05) is 11.4 Å². The van der Waals surface area contributed by atoms with Crippen LogP contribution in [0.4, 0.5) is 10.1 Å². The molecule has 1 atom stereocenters. The van der Waals surface area contributed by atoms with Crippen LogP contribution in [0.5, 0.6) is 0 Å². The summed E-state index contributed by atoms with van der Waals surface area (Å²) in [6, 6.07) is 3.68. The summed E-state index contributed by atoms with van der Waals surface area (Å²) in [6.45, 7) is 2.96. The van der Waals surface area contributed by atoms with Crippen LogP contribution in [-0.4, -0.2) is 23.6 Å². The van der Waals surface area contributed by atoms with Crippen LogP contribution in [0.2, 0.25) is 0 Å². The molecule has 0 aliphatic carbocycles. The molecule has 0 bridgehead atoms. The second-order valence-electron chi connectivity index (χ2n) is 4.78. The van der Waals surface area contributed by atoms with E-state index in [-0.39, 0.29) is 16.1 Å². The van der Waals surface area contributed by atoms with Gasteiger partial charge in [0.25, 0.3) is 0 Å². The van der Waals surface area contributed by atoms with Crippen LogP contribution in [0.1, 0.15) is 31.7 Å². The molecule has 0 amide bonds. The average molecular weight is 330 g/mol. The fraction of sp³-hybridized carbons (Fsp3) is 0.462. The quantitative estimate of drug-likeness (QED) is 0.379. The third-order valence-corrected chi connectivity index (χ3v) is 4.33. The van der Waals surface area contributed by atoms with Gasteiger partial charge in [-0.1, -0.05) is 5.16 Å². The van der Waals surface area contributed by atoms with Gasteiger partial charge in [0.15, 0.2) is 11.7 Å². The molecule has 0 radical (unpaired) electrons. The number of hydrogen-bond donors (Lipinski definition) is 2. The maximum Gasteiger partial charge on any atom is 0.171 e. The van der Waals surface area contributed by atoms with E-state index in [1.54, 1.807) is 12.1 Å². The Hall–Kier alpha value is -1.30. The van der Waals surface area contributed by atoms with Crippen molar-refractivity contribution < 1.29 is 9.60 Å². The molecule has 1 fully saturated rings. The Kier molecular flexibility index (Phi) is 4.29. The Labute approximate surface area is 120 Å². The highest BCUT2D eigenvalue weighted by atomic mass is 79.9. The van der Waals surface area contributed by atoms with Crippen LogP contribution < -0.4 is 10.6 Å². The lowest BCUT2D eigenvalue weighted by atomic mass is 10.0. The number of hydrogen-bond acceptors (Lipinski definition) is 3. The zero-order valence-corrected chi connectivity index (χ0v) is 12.3. The van der Waals surface area contributed by atoms with Crippen LogP contribution in [0.3, 0.4) is 0 Å². The molecule has 3 N–H and O–H groups in total. The summed E-state index contributed by atoms with van der Waals surface area (Å²) in [5, 5.41) is 11.6. The van der Waals surface area contributed by atoms with Crippen molar-refractivity contribution in [3.8, 4) is 0 Å². The van der Waals surface area contributed by atoms with E-state index in [0.717, 1.165) is 19.4 Å². The van der Waals surface area contributed by atoms with Gasteiger partial charge in [-0.2, -0.15) is 0 Å². The molecule has 4 nitrogen and oxygen atoms in total. The predicted octanol–water partition coefficient (Wildman–Crippen LogP) is 3.06. The molecule has 19 heavy (non-hydrogen) atoms. The lowest BCUT2D eigenvalue weighted by Crippen LogP contribution is -2.38. The fourth-order valence-electron chi connectivity index (χ4n) is 2.47. The van der Waals surface area contributed by atoms with Gasteiger partial charge < -0.3 is 15.8 Å². The zero-order chi connectivity index (χ0) is 14.0. The summed E-state index contributed by atoms with van der Waals surface area (Å²) in [5.41, 5.74) is 6.43. The van der Waals surface area contributed by atoms with Crippen LogP contribution in [0.25, 0.3) is 0 Å². The molecule has 1 unspecified atom stereocenters. The molecule has 2 rings (SSSR count). The molecule has 0 saturated carbocycles. The SMILES string of the molecule is CC1CCCCN1c1ccc(/C(N)=N/O)c(Br)c1F. The Morgan fingerprint density at radius 2 is 2.26 bits per heavy atom. The molecule has 1 aliphatic rings. The van der Waals surface area contributed by atoms with E-state index in [1.165, 1.54) is 6.42 Å². The summed E-state index contributed by atoms with van der Waals surface area (Å²) in [4.78, 5) is 2.07. The molecule has 0 aromatic heterocycles. The van der Waals surface area contributed by atoms with E-state index in [9.17, 15) is 4.39 Å². The molecule has 1 aliphatic heterocycles. The zero-order valence-electron chi connectivity index (χ0n) is 10.7. The number of piperidine rings is 1. The Morgan fingerprint density at radius 3 is 2.89 bits per heavy atom. The topological polar surface area (TPSA) is 61.8 Å². The number of amidine groups is 1. The van der Waals surface area contributed by atoms with Gasteiger partial charge >= 0.3 is 0 Å². The fourth-order valence-corrected chi connectivity index (χ4v) is 3.01. The summed E-state index contributed by atoms with van der Waals surface area (Å²) in [7, 11) is 0. The summed E-state index contributed by atoms with van der Waals surface area (Å²) in [5.74, 6) is -0.470. The van der Waals surface area contributed by atoms with Gasteiger partial charge in [0.05, 0.1) is 10.2 Å². The van der Waals surface area contributed by atoms with Gasteiger partial charge in [0.1, 0.15) is 0 Å². The molecular weight excluding hydrogens is 313 g/mol. The second-order valence-corrected chi connectivity index (χ2v) is 5.58. The predicted molar refractivity (Wildman–Crippen MR) is 77.3 cm³/mol. The van der Waals surface area contributed by atoms with Gasteiger partial charge in [0, 0.05) is 18.2 Å². The van der Waals surface area contributed by atoms with Crippen LogP contribution in [0.15, 0.2) is 21.8 Å². The number of nitrogens with zero attached hydrogens (tertiary/aromatic N) is 2. The highest BCUT2D eigenvalue weighted by Crippen LogP contribution is 2.32. The van der Waals surface area contributed by atoms with Gasteiger partial charge in [0.2, 0.25) is 0 Å². The Morgan fingerprint density at radius 1 is 1.53 bits per heavy atom. The Bertz CT molecular complexity index is 507. The number of nitrogens with two attached hydrogens (primary N) is 1. The standard InChI is InChI=1S/C13H17BrFN3O/c1-8-4-2-3-7-18(8)10-6-5-9(13(16)17-19)11(14)12(10)15/h5-6,8,19H,2-4,7H2,1H3,(H2,16,17). The first-order valence-electron chi connectivity index (χ1n) is 6.28. The molecule has 1 aromatic rings. The minimum absolute atomic E-state index is 0.107. The maximum absolute atomic E-state index is 14.4. The summed E-state index contributed by atoms with van der Waals surface area (Å²) < 4.78 is 14.7.